The molecular formula is C10H13N2+. The summed E-state index contributed by atoms with van der Waals surface area (Å²) in [4.78, 5) is 5.60. The Labute approximate surface area is 72.5 Å². The fraction of sp³-hybridized carbons (Fsp3) is 0.300. The second-order valence-electron chi connectivity index (χ2n) is 3.18. The first-order valence-electron chi connectivity index (χ1n) is 4.31. The van der Waals surface area contributed by atoms with E-state index in [4.69, 9.17) is 0 Å². The monoisotopic (exact) mass is 161 g/mol. The van der Waals surface area contributed by atoms with Gasteiger partial charge in [0.15, 0.2) is 0 Å². The molecule has 12 heavy (non-hydrogen) atoms. The Balaban J connectivity index is 2.31. The topological polar surface area (TPSA) is 17.3 Å². The lowest BCUT2D eigenvalue weighted by molar-refractivity contribution is -0.796. The predicted octanol–water partition coefficient (Wildman–Crippen LogP) is 0.341. The first-order chi connectivity index (χ1) is 5.88. The average molecular weight is 161 g/mol. The maximum Gasteiger partial charge on any atom is 0.136 e. The summed E-state index contributed by atoms with van der Waals surface area (Å²) in [6.07, 6.45) is 7.23. The van der Waals surface area contributed by atoms with Crippen molar-refractivity contribution in [3.05, 3.63) is 36.2 Å². The molecule has 0 aromatic carbocycles. The van der Waals surface area contributed by atoms with Gasteiger partial charge in [-0.3, -0.25) is 4.98 Å². The molecule has 1 aliphatic heterocycles. The lowest BCUT2D eigenvalue weighted by atomic mass is 10.2. The Kier molecular flexibility index (Phi) is 1.92. The standard InChI is InChI=1S/C10H12N2/c1-12-7-3-5-10(12)9-4-2-6-11-8-9/h2,4-6,8H,3,7H2,1H3/p+1. The molecule has 1 aromatic heterocycles. The van der Waals surface area contributed by atoms with Crippen molar-refractivity contribution in [3.8, 4) is 0 Å². The number of hydrogen-bond acceptors (Lipinski definition) is 1. The van der Waals surface area contributed by atoms with Crippen LogP contribution >= 0.6 is 0 Å². The van der Waals surface area contributed by atoms with Crippen molar-refractivity contribution in [1.29, 1.82) is 0 Å². The molecule has 0 spiro atoms. The molecule has 1 aliphatic rings. The molecular weight excluding hydrogens is 148 g/mol. The second kappa shape index (κ2) is 3.07. The van der Waals surface area contributed by atoms with Gasteiger partial charge in [-0.15, -0.1) is 0 Å². The van der Waals surface area contributed by atoms with Gasteiger partial charge in [-0.05, 0) is 18.2 Å². The maximum absolute atomic E-state index is 4.11. The van der Waals surface area contributed by atoms with Crippen molar-refractivity contribution >= 4 is 5.70 Å². The lowest BCUT2D eigenvalue weighted by Gasteiger charge is -2.09. The molecule has 1 N–H and O–H groups in total. The molecule has 1 unspecified atom stereocenters. The summed E-state index contributed by atoms with van der Waals surface area (Å²) < 4.78 is 0. The molecule has 0 bridgehead atoms. The van der Waals surface area contributed by atoms with Gasteiger partial charge in [0.05, 0.1) is 19.2 Å². The molecule has 0 amide bonds. The summed E-state index contributed by atoms with van der Waals surface area (Å²) in [5, 5.41) is 0. The van der Waals surface area contributed by atoms with Crippen LogP contribution in [0.4, 0.5) is 0 Å². The Morgan fingerprint density at radius 1 is 1.50 bits per heavy atom. The van der Waals surface area contributed by atoms with Crippen LogP contribution in [0.5, 0.6) is 0 Å². The van der Waals surface area contributed by atoms with Crippen molar-refractivity contribution in [3.63, 3.8) is 0 Å². The summed E-state index contributed by atoms with van der Waals surface area (Å²) in [7, 11) is 2.20. The first-order valence-corrected chi connectivity index (χ1v) is 4.31. The molecule has 0 aliphatic carbocycles. The minimum atomic E-state index is 1.19. The largest absolute Gasteiger partial charge is 0.304 e. The van der Waals surface area contributed by atoms with Gasteiger partial charge in [0, 0.05) is 18.8 Å². The van der Waals surface area contributed by atoms with E-state index < -0.39 is 0 Å². The number of quaternary nitrogens is 1. The Bertz CT molecular complexity index is 290. The molecule has 0 fully saturated rings. The van der Waals surface area contributed by atoms with Gasteiger partial charge >= 0.3 is 0 Å². The lowest BCUT2D eigenvalue weighted by Crippen LogP contribution is -3.04. The molecule has 0 radical (unpaired) electrons. The van der Waals surface area contributed by atoms with Gasteiger partial charge in [-0.25, -0.2) is 0 Å². The quantitative estimate of drug-likeness (QED) is 0.628. The Hall–Kier alpha value is -1.15. The van der Waals surface area contributed by atoms with Crippen molar-refractivity contribution in [2.45, 2.75) is 6.42 Å². The summed E-state index contributed by atoms with van der Waals surface area (Å²) >= 11 is 0. The highest BCUT2D eigenvalue weighted by Crippen LogP contribution is 2.09. The van der Waals surface area contributed by atoms with Gasteiger partial charge in [0.2, 0.25) is 0 Å². The van der Waals surface area contributed by atoms with Crippen molar-refractivity contribution < 1.29 is 4.90 Å². The maximum atomic E-state index is 4.11. The van der Waals surface area contributed by atoms with E-state index in [-0.39, 0.29) is 0 Å². The number of pyridine rings is 1. The minimum absolute atomic E-state index is 1.19. The minimum Gasteiger partial charge on any atom is -0.304 e. The van der Waals surface area contributed by atoms with Gasteiger partial charge in [-0.1, -0.05) is 0 Å². The van der Waals surface area contributed by atoms with E-state index in [1.54, 1.807) is 0 Å². The van der Waals surface area contributed by atoms with E-state index >= 15 is 0 Å². The fourth-order valence-corrected chi connectivity index (χ4v) is 1.63. The molecule has 2 rings (SSSR count). The number of nitrogens with one attached hydrogen (secondary N) is 1. The van der Waals surface area contributed by atoms with Gasteiger partial charge in [0.25, 0.3) is 0 Å². The highest BCUT2D eigenvalue weighted by atomic mass is 15.1. The van der Waals surface area contributed by atoms with Crippen LogP contribution in [0.1, 0.15) is 12.0 Å². The zero-order chi connectivity index (χ0) is 8.39. The molecule has 2 heterocycles. The number of rotatable bonds is 1. The molecule has 0 saturated carbocycles. The normalized spacial score (nSPS) is 22.4. The zero-order valence-corrected chi connectivity index (χ0v) is 7.25. The van der Waals surface area contributed by atoms with Gasteiger partial charge < -0.3 is 4.90 Å². The van der Waals surface area contributed by atoms with Crippen LogP contribution < -0.4 is 4.90 Å². The third-order valence-electron chi connectivity index (χ3n) is 2.30. The van der Waals surface area contributed by atoms with E-state index in [1.165, 1.54) is 29.1 Å². The molecule has 1 atom stereocenters. The average Bonchev–Trinajstić information content (AvgIpc) is 2.53. The van der Waals surface area contributed by atoms with E-state index in [2.05, 4.69) is 24.2 Å². The highest BCUT2D eigenvalue weighted by Gasteiger charge is 2.17. The highest BCUT2D eigenvalue weighted by molar-refractivity contribution is 5.57. The Morgan fingerprint density at radius 3 is 3.00 bits per heavy atom. The molecule has 2 heteroatoms. The molecule has 0 saturated heterocycles. The number of nitrogens with zero attached hydrogens (tertiary/aromatic N) is 1. The summed E-state index contributed by atoms with van der Waals surface area (Å²) in [6.45, 7) is 1.21. The van der Waals surface area contributed by atoms with E-state index in [1.807, 2.05) is 18.5 Å². The van der Waals surface area contributed by atoms with Gasteiger partial charge in [0.1, 0.15) is 5.70 Å². The number of hydrogen-bond donors (Lipinski definition) is 1. The van der Waals surface area contributed by atoms with Crippen LogP contribution in [0.25, 0.3) is 5.70 Å². The summed E-state index contributed by atoms with van der Waals surface area (Å²) in [6, 6.07) is 4.11. The molecule has 1 aromatic rings. The fourth-order valence-electron chi connectivity index (χ4n) is 1.63. The van der Waals surface area contributed by atoms with Gasteiger partial charge in [-0.2, -0.15) is 0 Å². The zero-order valence-electron chi connectivity index (χ0n) is 7.25. The van der Waals surface area contributed by atoms with Crippen LogP contribution in [-0.2, 0) is 0 Å². The SMILES string of the molecule is C[NH+]1CCC=C1c1cccnc1. The van der Waals surface area contributed by atoms with Crippen molar-refractivity contribution in [2.24, 2.45) is 0 Å². The van der Waals surface area contributed by atoms with Crippen molar-refractivity contribution in [1.82, 2.24) is 4.98 Å². The smallest absolute Gasteiger partial charge is 0.136 e. The van der Waals surface area contributed by atoms with E-state index in [0.29, 0.717) is 0 Å². The predicted molar refractivity (Wildman–Crippen MR) is 48.6 cm³/mol. The van der Waals surface area contributed by atoms with Crippen LogP contribution in [-0.4, -0.2) is 18.6 Å². The van der Waals surface area contributed by atoms with Crippen molar-refractivity contribution in [2.75, 3.05) is 13.6 Å². The van der Waals surface area contributed by atoms with Crippen LogP contribution in [0.15, 0.2) is 30.6 Å². The van der Waals surface area contributed by atoms with Crippen LogP contribution in [0, 0.1) is 0 Å². The second-order valence-corrected chi connectivity index (χ2v) is 3.18. The third kappa shape index (κ3) is 1.25. The van der Waals surface area contributed by atoms with E-state index in [0.717, 1.165) is 0 Å². The first kappa shape index (κ1) is 7.50. The summed E-state index contributed by atoms with van der Waals surface area (Å²) in [5.41, 5.74) is 2.65. The van der Waals surface area contributed by atoms with E-state index in [9.17, 15) is 0 Å². The molecule has 2 nitrogen and oxygen atoms in total. The van der Waals surface area contributed by atoms with Crippen LogP contribution in [0.2, 0.25) is 0 Å². The number of aromatic nitrogens is 1. The molecule has 62 valence electrons. The Morgan fingerprint density at radius 2 is 2.42 bits per heavy atom. The summed E-state index contributed by atoms with van der Waals surface area (Å²) in [5.74, 6) is 0. The third-order valence-corrected chi connectivity index (χ3v) is 2.30. The van der Waals surface area contributed by atoms with Crippen LogP contribution in [0.3, 0.4) is 0 Å².